The molecule has 0 saturated carbocycles. The predicted molar refractivity (Wildman–Crippen MR) is 118 cm³/mol. The molecule has 0 radical (unpaired) electrons. The number of hydrogen-bond acceptors (Lipinski definition) is 5. The van der Waals surface area contributed by atoms with Crippen LogP contribution in [0.15, 0.2) is 47.4 Å². The van der Waals surface area contributed by atoms with Gasteiger partial charge in [0.15, 0.2) is 0 Å². The topological polar surface area (TPSA) is 65.1 Å². The lowest BCUT2D eigenvalue weighted by Gasteiger charge is -2.24. The average molecular weight is 390 g/mol. The molecule has 6 nitrogen and oxygen atoms in total. The summed E-state index contributed by atoms with van der Waals surface area (Å²) in [6.45, 7) is 9.68. The van der Waals surface area contributed by atoms with Gasteiger partial charge in [0.25, 0.3) is 5.56 Å². The van der Waals surface area contributed by atoms with Crippen LogP contribution in [0.5, 0.6) is 0 Å². The lowest BCUT2D eigenvalue weighted by molar-refractivity contribution is 0.798. The van der Waals surface area contributed by atoms with E-state index in [1.54, 1.807) is 13.1 Å². The number of nitrogens with zero attached hydrogens (tertiary/aromatic N) is 4. The lowest BCUT2D eigenvalue weighted by atomic mass is 10.2. The summed E-state index contributed by atoms with van der Waals surface area (Å²) in [6.07, 6.45) is 2.88. The molecule has 4 rings (SSSR count). The van der Waals surface area contributed by atoms with Crippen molar-refractivity contribution < 1.29 is 0 Å². The smallest absolute Gasteiger partial charge is 0.254 e. The number of nitrogens with one attached hydrogen (secondary N) is 1. The molecule has 0 atom stereocenters. The fourth-order valence-corrected chi connectivity index (χ4v) is 3.66. The Bertz CT molecular complexity index is 1040. The van der Waals surface area contributed by atoms with Crippen LogP contribution in [0.3, 0.4) is 0 Å². The molecule has 1 aliphatic heterocycles. The average Bonchev–Trinajstić information content (AvgIpc) is 2.99. The van der Waals surface area contributed by atoms with E-state index in [4.69, 9.17) is 0 Å². The minimum absolute atomic E-state index is 0.0970. The van der Waals surface area contributed by atoms with Gasteiger partial charge in [0.1, 0.15) is 11.6 Å². The van der Waals surface area contributed by atoms with E-state index < -0.39 is 0 Å². The van der Waals surface area contributed by atoms with Crippen molar-refractivity contribution in [3.8, 4) is 11.4 Å². The zero-order valence-corrected chi connectivity index (χ0v) is 17.3. The first kappa shape index (κ1) is 19.2. The molecular weight excluding hydrogens is 362 g/mol. The molecule has 150 valence electrons. The number of aromatic nitrogens is 3. The quantitative estimate of drug-likeness (QED) is 0.743. The Hall–Kier alpha value is -3.15. The Morgan fingerprint density at radius 1 is 0.897 bits per heavy atom. The van der Waals surface area contributed by atoms with Crippen molar-refractivity contribution in [2.45, 2.75) is 27.2 Å². The first-order chi connectivity index (χ1) is 14.0. The third kappa shape index (κ3) is 4.16. The Kier molecular flexibility index (Phi) is 5.34. The van der Waals surface area contributed by atoms with E-state index in [0.29, 0.717) is 11.4 Å². The zero-order chi connectivity index (χ0) is 20.4. The van der Waals surface area contributed by atoms with Crippen LogP contribution in [0, 0.1) is 20.8 Å². The predicted octanol–water partition coefficient (Wildman–Crippen LogP) is 3.47. The van der Waals surface area contributed by atoms with E-state index in [2.05, 4.69) is 55.9 Å². The summed E-state index contributed by atoms with van der Waals surface area (Å²) in [4.78, 5) is 28.8. The number of pyridine rings is 1. The van der Waals surface area contributed by atoms with Crippen molar-refractivity contribution >= 4 is 11.5 Å². The number of aryl methyl sites for hydroxylation is 2. The molecule has 2 aromatic heterocycles. The van der Waals surface area contributed by atoms with E-state index in [-0.39, 0.29) is 5.56 Å². The largest absolute Gasteiger partial charge is 0.370 e. The van der Waals surface area contributed by atoms with Gasteiger partial charge in [0.05, 0.1) is 0 Å². The van der Waals surface area contributed by atoms with Crippen molar-refractivity contribution in [1.82, 2.24) is 15.0 Å². The van der Waals surface area contributed by atoms with Crippen LogP contribution in [0.4, 0.5) is 11.5 Å². The number of hydrogen-bond donors (Lipinski definition) is 1. The molecule has 0 aliphatic carbocycles. The minimum atomic E-state index is -0.0970. The van der Waals surface area contributed by atoms with Gasteiger partial charge in [-0.3, -0.25) is 4.79 Å². The van der Waals surface area contributed by atoms with Gasteiger partial charge in [-0.2, -0.15) is 0 Å². The Balaban J connectivity index is 1.48. The molecular formula is C23H27N5O. The third-order valence-corrected chi connectivity index (χ3v) is 5.64. The Morgan fingerprint density at radius 2 is 1.62 bits per heavy atom. The molecule has 0 spiro atoms. The summed E-state index contributed by atoms with van der Waals surface area (Å²) in [6, 6.07) is 12.8. The molecule has 0 unspecified atom stereocenters. The molecule has 6 heteroatoms. The van der Waals surface area contributed by atoms with Crippen LogP contribution >= 0.6 is 0 Å². The fourth-order valence-electron chi connectivity index (χ4n) is 3.66. The van der Waals surface area contributed by atoms with Crippen molar-refractivity contribution in [1.29, 1.82) is 0 Å². The van der Waals surface area contributed by atoms with Crippen molar-refractivity contribution in [3.05, 3.63) is 69.8 Å². The van der Waals surface area contributed by atoms with E-state index in [1.165, 1.54) is 11.3 Å². The molecule has 3 heterocycles. The SMILES string of the molecule is Cc1ccc(N2CCCN(c3ccc(-c4nc(C)c(C)c(=O)[nH]4)cn3)CC2)cc1. The van der Waals surface area contributed by atoms with Gasteiger partial charge >= 0.3 is 0 Å². The molecule has 0 amide bonds. The van der Waals surface area contributed by atoms with Crippen LogP contribution in [0.25, 0.3) is 11.4 Å². The fraction of sp³-hybridized carbons (Fsp3) is 0.348. The first-order valence-corrected chi connectivity index (χ1v) is 10.1. The molecule has 0 bridgehead atoms. The van der Waals surface area contributed by atoms with Gasteiger partial charge in [0.2, 0.25) is 0 Å². The molecule has 3 aromatic rings. The molecule has 1 aromatic carbocycles. The highest BCUT2D eigenvalue weighted by Crippen LogP contribution is 2.21. The molecule has 29 heavy (non-hydrogen) atoms. The molecule has 1 saturated heterocycles. The number of aromatic amines is 1. The standard InChI is InChI=1S/C23H27N5O/c1-16-5-8-20(9-6-16)27-11-4-12-28(14-13-27)21-10-7-19(15-24-21)22-25-18(3)17(2)23(29)26-22/h5-10,15H,4,11-14H2,1-3H3,(H,25,26,29). The van der Waals surface area contributed by atoms with Crippen molar-refractivity contribution in [2.24, 2.45) is 0 Å². The highest BCUT2D eigenvalue weighted by atomic mass is 16.1. The van der Waals surface area contributed by atoms with Gasteiger partial charge in [-0.1, -0.05) is 17.7 Å². The first-order valence-electron chi connectivity index (χ1n) is 10.1. The normalized spacial score (nSPS) is 14.7. The van der Waals surface area contributed by atoms with E-state index in [0.717, 1.165) is 49.7 Å². The lowest BCUT2D eigenvalue weighted by Crippen LogP contribution is -2.31. The number of H-pyrrole nitrogens is 1. The molecule has 1 N–H and O–H groups in total. The summed E-state index contributed by atoms with van der Waals surface area (Å²) in [5.41, 5.74) is 4.70. The number of anilines is 2. The highest BCUT2D eigenvalue weighted by Gasteiger charge is 2.17. The second kappa shape index (κ2) is 8.07. The molecule has 1 aliphatic rings. The van der Waals surface area contributed by atoms with Gasteiger partial charge < -0.3 is 14.8 Å². The second-order valence-corrected chi connectivity index (χ2v) is 7.69. The Labute approximate surface area is 171 Å². The second-order valence-electron chi connectivity index (χ2n) is 7.69. The van der Waals surface area contributed by atoms with Crippen LogP contribution in [-0.2, 0) is 0 Å². The van der Waals surface area contributed by atoms with Gasteiger partial charge in [-0.05, 0) is 51.5 Å². The van der Waals surface area contributed by atoms with Crippen LogP contribution < -0.4 is 15.4 Å². The summed E-state index contributed by atoms with van der Waals surface area (Å²) in [5.74, 6) is 1.53. The van der Waals surface area contributed by atoms with Gasteiger partial charge in [0, 0.05) is 54.9 Å². The van der Waals surface area contributed by atoms with Gasteiger partial charge in [-0.25, -0.2) is 9.97 Å². The van der Waals surface area contributed by atoms with E-state index >= 15 is 0 Å². The Morgan fingerprint density at radius 3 is 2.31 bits per heavy atom. The maximum atomic E-state index is 12.0. The summed E-state index contributed by atoms with van der Waals surface area (Å²) in [5, 5.41) is 0. The summed E-state index contributed by atoms with van der Waals surface area (Å²) >= 11 is 0. The monoisotopic (exact) mass is 389 g/mol. The third-order valence-electron chi connectivity index (χ3n) is 5.64. The van der Waals surface area contributed by atoms with E-state index in [9.17, 15) is 4.79 Å². The van der Waals surface area contributed by atoms with Crippen LogP contribution in [0.1, 0.15) is 23.2 Å². The summed E-state index contributed by atoms with van der Waals surface area (Å²) in [7, 11) is 0. The van der Waals surface area contributed by atoms with Crippen molar-refractivity contribution in [3.63, 3.8) is 0 Å². The van der Waals surface area contributed by atoms with E-state index in [1.807, 2.05) is 19.1 Å². The maximum Gasteiger partial charge on any atom is 0.254 e. The number of benzene rings is 1. The minimum Gasteiger partial charge on any atom is -0.370 e. The number of rotatable bonds is 3. The van der Waals surface area contributed by atoms with Crippen LogP contribution in [0.2, 0.25) is 0 Å². The van der Waals surface area contributed by atoms with Crippen LogP contribution in [-0.4, -0.2) is 41.1 Å². The maximum absolute atomic E-state index is 12.0. The highest BCUT2D eigenvalue weighted by molar-refractivity contribution is 5.57. The van der Waals surface area contributed by atoms with Crippen molar-refractivity contribution in [2.75, 3.05) is 36.0 Å². The zero-order valence-electron chi connectivity index (χ0n) is 17.3. The molecule has 1 fully saturated rings. The van der Waals surface area contributed by atoms with Gasteiger partial charge in [-0.15, -0.1) is 0 Å². The summed E-state index contributed by atoms with van der Waals surface area (Å²) < 4.78 is 0.